The highest BCUT2D eigenvalue weighted by atomic mass is 19.1. The number of aromatic nitrogens is 2. The molecule has 0 radical (unpaired) electrons. The van der Waals surface area contributed by atoms with E-state index in [0.717, 1.165) is 32.1 Å². The van der Waals surface area contributed by atoms with E-state index in [2.05, 4.69) is 27.7 Å². The third-order valence-corrected chi connectivity index (χ3v) is 9.02. The molecular formula is C37H44FN5O6. The largest absolute Gasteiger partial charge is 0.462 e. The molecule has 260 valence electrons. The van der Waals surface area contributed by atoms with E-state index in [1.807, 2.05) is 6.07 Å². The summed E-state index contributed by atoms with van der Waals surface area (Å²) < 4.78 is 20.4. The molecule has 1 fully saturated rings. The molecule has 3 amide bonds. The molecule has 1 atom stereocenters. The summed E-state index contributed by atoms with van der Waals surface area (Å²) in [5, 5.41) is 10.7. The first-order valence-corrected chi connectivity index (χ1v) is 17.2. The third-order valence-electron chi connectivity index (χ3n) is 9.02. The van der Waals surface area contributed by atoms with Crippen LogP contribution in [0.4, 0.5) is 4.39 Å². The molecule has 3 aromatic rings. The van der Waals surface area contributed by atoms with Crippen molar-refractivity contribution in [2.75, 3.05) is 32.7 Å². The summed E-state index contributed by atoms with van der Waals surface area (Å²) >= 11 is 0. The number of rotatable bonds is 12. The van der Waals surface area contributed by atoms with Gasteiger partial charge in [-0.1, -0.05) is 36.4 Å². The molecule has 0 bridgehead atoms. The summed E-state index contributed by atoms with van der Waals surface area (Å²) in [6.45, 7) is 1.54. The Balaban J connectivity index is 1.00. The fourth-order valence-corrected chi connectivity index (χ4v) is 6.27. The molecular weight excluding hydrogens is 629 g/mol. The van der Waals surface area contributed by atoms with Crippen molar-refractivity contribution in [3.63, 3.8) is 0 Å². The molecule has 1 saturated heterocycles. The first kappa shape index (κ1) is 35.4. The van der Waals surface area contributed by atoms with Crippen LogP contribution in [0.1, 0.15) is 85.8 Å². The average molecular weight is 674 g/mol. The van der Waals surface area contributed by atoms with Gasteiger partial charge in [-0.05, 0) is 68.7 Å². The van der Waals surface area contributed by atoms with E-state index in [1.165, 1.54) is 17.0 Å². The van der Waals surface area contributed by atoms with E-state index in [9.17, 15) is 28.4 Å². The van der Waals surface area contributed by atoms with Crippen molar-refractivity contribution in [3.05, 3.63) is 87.6 Å². The zero-order valence-electron chi connectivity index (χ0n) is 27.8. The molecule has 0 spiro atoms. The lowest BCUT2D eigenvalue weighted by atomic mass is 10.0. The lowest BCUT2D eigenvalue weighted by molar-refractivity contribution is -0.150. The van der Waals surface area contributed by atoms with Gasteiger partial charge in [0.2, 0.25) is 11.8 Å². The van der Waals surface area contributed by atoms with Crippen LogP contribution in [-0.4, -0.2) is 82.5 Å². The van der Waals surface area contributed by atoms with Crippen molar-refractivity contribution >= 4 is 34.5 Å². The van der Waals surface area contributed by atoms with Crippen LogP contribution in [0.15, 0.2) is 59.4 Å². The Morgan fingerprint density at radius 1 is 0.898 bits per heavy atom. The smallest absolute Gasteiger partial charge is 0.306 e. The average Bonchev–Trinajstić information content (AvgIpc) is 3.09. The number of amides is 3. The number of allylic oxidation sites excluding steroid dienone is 2. The number of esters is 1. The number of benzene rings is 2. The van der Waals surface area contributed by atoms with Crippen LogP contribution in [-0.2, 0) is 25.5 Å². The van der Waals surface area contributed by atoms with Crippen LogP contribution < -0.4 is 10.9 Å². The standard InChI is InChI=1S/C37H44FN5O6/c38-31-18-17-26(25-32-28-12-6-7-13-29(28)36(47)41-40-32)24-30(31)37(48)43-22-20-42(21-23-43)34(45)15-8-14-33(44)39-19-9-16-35(46)49-27-10-4-2-1-3-5-11-27/h1-2,6-7,12-13,17-18,24,27H,3-5,8-11,14-16,19-23,25H2,(H,39,44)(H,41,47)/b2-1+. The van der Waals surface area contributed by atoms with Gasteiger partial charge in [-0.15, -0.1) is 0 Å². The lowest BCUT2D eigenvalue weighted by Gasteiger charge is -2.35. The Labute approximate surface area is 284 Å². The van der Waals surface area contributed by atoms with Gasteiger partial charge in [0.15, 0.2) is 0 Å². The van der Waals surface area contributed by atoms with Crippen molar-refractivity contribution in [2.24, 2.45) is 0 Å². The van der Waals surface area contributed by atoms with Crippen molar-refractivity contribution in [3.8, 4) is 0 Å². The number of piperazine rings is 1. The van der Waals surface area contributed by atoms with E-state index >= 15 is 0 Å². The van der Waals surface area contributed by atoms with Crippen molar-refractivity contribution in [1.82, 2.24) is 25.3 Å². The van der Waals surface area contributed by atoms with Crippen LogP contribution >= 0.6 is 0 Å². The number of aromatic amines is 1. The third kappa shape index (κ3) is 10.1. The zero-order valence-corrected chi connectivity index (χ0v) is 27.8. The first-order chi connectivity index (χ1) is 23.8. The normalized spacial score (nSPS) is 17.2. The molecule has 2 heterocycles. The fourth-order valence-electron chi connectivity index (χ4n) is 6.27. The number of nitrogens with one attached hydrogen (secondary N) is 2. The molecule has 1 unspecified atom stereocenters. The van der Waals surface area contributed by atoms with Crippen LogP contribution in [0.25, 0.3) is 10.8 Å². The van der Waals surface area contributed by atoms with Gasteiger partial charge in [0.25, 0.3) is 11.5 Å². The topological polar surface area (TPSA) is 142 Å². The van der Waals surface area contributed by atoms with Crippen LogP contribution in [0.5, 0.6) is 0 Å². The molecule has 49 heavy (non-hydrogen) atoms. The number of halogens is 1. The second kappa shape index (κ2) is 17.5. The summed E-state index contributed by atoms with van der Waals surface area (Å²) in [7, 11) is 0. The Kier molecular flexibility index (Phi) is 12.7. The van der Waals surface area contributed by atoms with Gasteiger partial charge < -0.3 is 19.9 Å². The van der Waals surface area contributed by atoms with Gasteiger partial charge in [0.1, 0.15) is 11.9 Å². The minimum Gasteiger partial charge on any atom is -0.462 e. The maximum atomic E-state index is 14.8. The number of hydrogen-bond acceptors (Lipinski definition) is 7. The Morgan fingerprint density at radius 3 is 2.47 bits per heavy atom. The van der Waals surface area contributed by atoms with E-state index < -0.39 is 11.7 Å². The van der Waals surface area contributed by atoms with E-state index in [-0.39, 0.29) is 67.4 Å². The minimum atomic E-state index is -0.632. The summed E-state index contributed by atoms with van der Waals surface area (Å²) in [5.41, 5.74) is 0.938. The fraction of sp³-hybridized carbons (Fsp3) is 0.459. The molecule has 12 heteroatoms. The maximum Gasteiger partial charge on any atom is 0.306 e. The van der Waals surface area contributed by atoms with E-state index in [0.29, 0.717) is 60.9 Å². The highest BCUT2D eigenvalue weighted by molar-refractivity contribution is 5.95. The van der Waals surface area contributed by atoms with E-state index in [4.69, 9.17) is 4.74 Å². The summed E-state index contributed by atoms with van der Waals surface area (Å²) in [5.74, 6) is -1.58. The lowest BCUT2D eigenvalue weighted by Crippen LogP contribution is -2.50. The molecule has 1 aliphatic carbocycles. The van der Waals surface area contributed by atoms with Crippen LogP contribution in [0.3, 0.4) is 0 Å². The van der Waals surface area contributed by atoms with E-state index in [1.54, 1.807) is 29.2 Å². The summed E-state index contributed by atoms with van der Waals surface area (Å²) in [6, 6.07) is 11.5. The number of hydrogen-bond donors (Lipinski definition) is 2. The second-order valence-corrected chi connectivity index (χ2v) is 12.6. The van der Waals surface area contributed by atoms with Crippen molar-refractivity contribution in [2.45, 2.75) is 76.7 Å². The summed E-state index contributed by atoms with van der Waals surface area (Å²) in [6.07, 6.45) is 10.8. The predicted octanol–water partition coefficient (Wildman–Crippen LogP) is 4.44. The predicted molar refractivity (Wildman–Crippen MR) is 182 cm³/mol. The van der Waals surface area contributed by atoms with Gasteiger partial charge in [0, 0.05) is 63.8 Å². The number of H-pyrrole nitrogens is 1. The molecule has 1 aliphatic heterocycles. The minimum absolute atomic E-state index is 0.0338. The first-order valence-electron chi connectivity index (χ1n) is 17.2. The van der Waals surface area contributed by atoms with Crippen molar-refractivity contribution in [1.29, 1.82) is 0 Å². The summed E-state index contributed by atoms with van der Waals surface area (Å²) in [4.78, 5) is 65.9. The number of carbonyl (C=O) groups excluding carboxylic acids is 4. The number of ether oxygens (including phenoxy) is 1. The quantitative estimate of drug-likeness (QED) is 0.165. The van der Waals surface area contributed by atoms with Crippen molar-refractivity contribution < 1.29 is 28.3 Å². The van der Waals surface area contributed by atoms with Crippen LogP contribution in [0.2, 0.25) is 0 Å². The Hall–Kier alpha value is -4.87. The van der Waals surface area contributed by atoms with Gasteiger partial charge in [-0.2, -0.15) is 5.10 Å². The molecule has 0 saturated carbocycles. The highest BCUT2D eigenvalue weighted by Crippen LogP contribution is 2.21. The second-order valence-electron chi connectivity index (χ2n) is 12.6. The highest BCUT2D eigenvalue weighted by Gasteiger charge is 2.26. The van der Waals surface area contributed by atoms with Gasteiger partial charge in [0.05, 0.1) is 16.6 Å². The molecule has 2 aliphatic rings. The van der Waals surface area contributed by atoms with Crippen LogP contribution in [0, 0.1) is 5.82 Å². The monoisotopic (exact) mass is 673 g/mol. The number of fused-ring (bicyclic) bond motifs is 1. The molecule has 11 nitrogen and oxygen atoms in total. The maximum absolute atomic E-state index is 14.8. The number of carbonyl (C=O) groups is 4. The Bertz CT molecular complexity index is 1730. The zero-order chi connectivity index (χ0) is 34.6. The van der Waals surface area contributed by atoms with Gasteiger partial charge in [-0.3, -0.25) is 24.0 Å². The number of nitrogens with zero attached hydrogens (tertiary/aromatic N) is 3. The molecule has 1 aromatic heterocycles. The van der Waals surface area contributed by atoms with Gasteiger partial charge in [-0.25, -0.2) is 9.49 Å². The Morgan fingerprint density at radius 2 is 1.65 bits per heavy atom. The van der Waals surface area contributed by atoms with Gasteiger partial charge >= 0.3 is 5.97 Å². The molecule has 5 rings (SSSR count). The molecule has 2 aromatic carbocycles. The molecule has 2 N–H and O–H groups in total. The SMILES string of the molecule is O=C(CCCC(=O)N1CCN(C(=O)c2cc(Cc3n[nH]c(=O)c4ccccc34)ccc2F)CC1)NCCCC(=O)OC1CC/C=C/CCC1.